The monoisotopic (exact) mass is 439 g/mol. The van der Waals surface area contributed by atoms with E-state index < -0.39 is 5.92 Å². The fourth-order valence-electron chi connectivity index (χ4n) is 3.78. The zero-order valence-corrected chi connectivity index (χ0v) is 17.3. The van der Waals surface area contributed by atoms with Crippen LogP contribution >= 0.6 is 15.9 Å². The number of benzene rings is 2. The topological polar surface area (TPSA) is 54.3 Å². The molecule has 0 spiro atoms. The third-order valence-electron chi connectivity index (χ3n) is 5.17. The van der Waals surface area contributed by atoms with Crippen molar-refractivity contribution in [2.24, 2.45) is 5.92 Å². The summed E-state index contributed by atoms with van der Waals surface area (Å²) in [4.78, 5) is 27.3. The summed E-state index contributed by atoms with van der Waals surface area (Å²) in [5, 5.41) is 4.01. The Bertz CT molecular complexity index is 1040. The summed E-state index contributed by atoms with van der Waals surface area (Å²) in [6, 6.07) is 15.5. The van der Waals surface area contributed by atoms with Gasteiger partial charge in [0.25, 0.3) is 0 Å². The second-order valence-corrected chi connectivity index (χ2v) is 7.91. The number of nitrogens with zero attached hydrogens (tertiary/aromatic N) is 2. The molecule has 6 heteroatoms. The first-order valence-corrected chi connectivity index (χ1v) is 10.3. The normalized spacial score (nSPS) is 16.7. The maximum atomic E-state index is 12.8. The van der Waals surface area contributed by atoms with Gasteiger partial charge >= 0.3 is 0 Å². The molecule has 1 unspecified atom stereocenters. The molecule has 1 aliphatic heterocycles. The smallest absolute Gasteiger partial charge is 0.239 e. The molecule has 28 heavy (non-hydrogen) atoms. The van der Waals surface area contributed by atoms with Gasteiger partial charge in [0.2, 0.25) is 11.8 Å². The molecule has 2 aromatic carbocycles. The van der Waals surface area contributed by atoms with Gasteiger partial charge < -0.3 is 14.8 Å². The van der Waals surface area contributed by atoms with Gasteiger partial charge in [-0.2, -0.15) is 0 Å². The molecule has 1 fully saturated rings. The zero-order valence-electron chi connectivity index (χ0n) is 15.7. The van der Waals surface area contributed by atoms with Crippen LogP contribution in [0.2, 0.25) is 0 Å². The van der Waals surface area contributed by atoms with Gasteiger partial charge in [-0.1, -0.05) is 19.1 Å². The molecule has 144 valence electrons. The van der Waals surface area contributed by atoms with Crippen LogP contribution in [0.4, 0.5) is 11.4 Å². The number of aromatic nitrogens is 1. The summed E-state index contributed by atoms with van der Waals surface area (Å²) in [6.07, 6.45) is 3.65. The Morgan fingerprint density at radius 3 is 2.82 bits per heavy atom. The highest BCUT2D eigenvalue weighted by atomic mass is 79.9. The third kappa shape index (κ3) is 3.44. The van der Waals surface area contributed by atoms with Gasteiger partial charge in [-0.05, 0) is 65.2 Å². The van der Waals surface area contributed by atoms with E-state index in [1.54, 1.807) is 4.90 Å². The number of hydrogen-bond donors (Lipinski definition) is 1. The van der Waals surface area contributed by atoms with E-state index in [9.17, 15) is 9.59 Å². The number of amides is 2. The number of aryl methyl sites for hydroxylation is 1. The van der Waals surface area contributed by atoms with Crippen molar-refractivity contribution in [1.29, 1.82) is 0 Å². The Labute approximate surface area is 172 Å². The molecular weight excluding hydrogens is 418 g/mol. The number of para-hydroxylation sites is 1. The molecule has 4 rings (SSSR count). The number of fused-ring (bicyclic) bond motifs is 1. The molecule has 2 amide bonds. The highest BCUT2D eigenvalue weighted by Gasteiger charge is 2.38. The summed E-state index contributed by atoms with van der Waals surface area (Å²) in [6.45, 7) is 3.66. The molecule has 5 nitrogen and oxygen atoms in total. The lowest BCUT2D eigenvalue weighted by Crippen LogP contribution is -2.33. The van der Waals surface area contributed by atoms with Crippen LogP contribution in [0.5, 0.6) is 0 Å². The fourth-order valence-corrected chi connectivity index (χ4v) is 4.28. The first-order chi connectivity index (χ1) is 13.6. The van der Waals surface area contributed by atoms with Crippen molar-refractivity contribution in [3.8, 4) is 0 Å². The van der Waals surface area contributed by atoms with E-state index in [0.29, 0.717) is 13.0 Å². The minimum atomic E-state index is -0.660. The van der Waals surface area contributed by atoms with Crippen LogP contribution in [-0.2, 0) is 16.1 Å². The predicted molar refractivity (Wildman–Crippen MR) is 115 cm³/mol. The molecule has 3 aromatic rings. The lowest BCUT2D eigenvalue weighted by atomic mass is 10.1. The average Bonchev–Trinajstić information content (AvgIpc) is 3.26. The average molecular weight is 440 g/mol. The van der Waals surface area contributed by atoms with Gasteiger partial charge in [-0.25, -0.2) is 0 Å². The molecule has 1 aromatic heterocycles. The van der Waals surface area contributed by atoms with Crippen LogP contribution in [0.3, 0.4) is 0 Å². The standard InChI is InChI=1S/C22H22BrN3O2/c1-2-11-25-12-9-15-14-16(7-8-19(15)25)24-21(27)17-10-13-26(22(17)28)20-6-4-3-5-18(20)23/h3-9,12,14,17H,2,10-11,13H2,1H3,(H,24,27). The Morgan fingerprint density at radius 1 is 1.21 bits per heavy atom. The van der Waals surface area contributed by atoms with E-state index >= 15 is 0 Å². The number of rotatable bonds is 5. The fraction of sp³-hybridized carbons (Fsp3) is 0.273. The van der Waals surface area contributed by atoms with Crippen LogP contribution in [-0.4, -0.2) is 22.9 Å². The number of nitrogens with one attached hydrogen (secondary N) is 1. The van der Waals surface area contributed by atoms with Crippen molar-refractivity contribution in [3.05, 3.63) is 59.2 Å². The van der Waals surface area contributed by atoms with E-state index in [1.807, 2.05) is 42.5 Å². The van der Waals surface area contributed by atoms with E-state index in [2.05, 4.69) is 45.0 Å². The van der Waals surface area contributed by atoms with Crippen LogP contribution in [0.15, 0.2) is 59.2 Å². The van der Waals surface area contributed by atoms with E-state index in [4.69, 9.17) is 0 Å². The van der Waals surface area contributed by atoms with Crippen LogP contribution in [0.1, 0.15) is 19.8 Å². The molecule has 0 aliphatic carbocycles. The third-order valence-corrected chi connectivity index (χ3v) is 5.84. The van der Waals surface area contributed by atoms with Crippen LogP contribution in [0, 0.1) is 5.92 Å². The van der Waals surface area contributed by atoms with Crippen molar-refractivity contribution >= 4 is 50.0 Å². The molecule has 1 N–H and O–H groups in total. The number of hydrogen-bond acceptors (Lipinski definition) is 2. The highest BCUT2D eigenvalue weighted by molar-refractivity contribution is 9.10. The molecular formula is C22H22BrN3O2. The van der Waals surface area contributed by atoms with Gasteiger partial charge in [-0.15, -0.1) is 0 Å². The SMILES string of the molecule is CCCn1ccc2cc(NC(=O)C3CCN(c4ccccc4Br)C3=O)ccc21. The minimum Gasteiger partial charge on any atom is -0.347 e. The summed E-state index contributed by atoms with van der Waals surface area (Å²) >= 11 is 3.48. The zero-order chi connectivity index (χ0) is 19.7. The molecule has 0 saturated carbocycles. The van der Waals surface area contributed by atoms with Gasteiger partial charge in [0.05, 0.1) is 5.69 Å². The molecule has 0 bridgehead atoms. The first-order valence-electron chi connectivity index (χ1n) is 9.54. The van der Waals surface area contributed by atoms with Gasteiger partial charge in [-0.3, -0.25) is 9.59 Å². The van der Waals surface area contributed by atoms with Crippen molar-refractivity contribution in [3.63, 3.8) is 0 Å². The van der Waals surface area contributed by atoms with E-state index in [0.717, 1.165) is 39.7 Å². The first kappa shape index (κ1) is 18.7. The molecule has 0 radical (unpaired) electrons. The van der Waals surface area contributed by atoms with Crippen molar-refractivity contribution in [2.45, 2.75) is 26.3 Å². The van der Waals surface area contributed by atoms with Crippen molar-refractivity contribution < 1.29 is 9.59 Å². The number of anilines is 2. The molecule has 1 atom stereocenters. The van der Waals surface area contributed by atoms with Crippen molar-refractivity contribution in [2.75, 3.05) is 16.8 Å². The van der Waals surface area contributed by atoms with Gasteiger partial charge in [0.15, 0.2) is 0 Å². The Kier molecular flexibility index (Phi) is 5.22. The summed E-state index contributed by atoms with van der Waals surface area (Å²) in [7, 11) is 0. The lowest BCUT2D eigenvalue weighted by molar-refractivity contribution is -0.129. The molecule has 1 saturated heterocycles. The number of carbonyl (C=O) groups excluding carboxylic acids is 2. The minimum absolute atomic E-state index is 0.153. The van der Waals surface area contributed by atoms with Gasteiger partial charge in [0.1, 0.15) is 5.92 Å². The van der Waals surface area contributed by atoms with Gasteiger partial charge in [0, 0.05) is 40.3 Å². The van der Waals surface area contributed by atoms with Crippen LogP contribution < -0.4 is 10.2 Å². The summed E-state index contributed by atoms with van der Waals surface area (Å²) in [5.74, 6) is -1.06. The predicted octanol–water partition coefficient (Wildman–Crippen LogP) is 4.81. The lowest BCUT2D eigenvalue weighted by Gasteiger charge is -2.18. The summed E-state index contributed by atoms with van der Waals surface area (Å²) in [5.41, 5.74) is 2.68. The van der Waals surface area contributed by atoms with Crippen LogP contribution in [0.25, 0.3) is 10.9 Å². The Morgan fingerprint density at radius 2 is 2.04 bits per heavy atom. The second kappa shape index (κ2) is 7.80. The van der Waals surface area contributed by atoms with Crippen molar-refractivity contribution in [1.82, 2.24) is 4.57 Å². The maximum absolute atomic E-state index is 12.8. The molecule has 2 heterocycles. The number of carbonyl (C=O) groups is 2. The highest BCUT2D eigenvalue weighted by Crippen LogP contribution is 2.32. The Hall–Kier alpha value is -2.60. The molecule has 1 aliphatic rings. The van der Waals surface area contributed by atoms with E-state index in [-0.39, 0.29) is 11.8 Å². The second-order valence-electron chi connectivity index (χ2n) is 7.05. The largest absolute Gasteiger partial charge is 0.347 e. The maximum Gasteiger partial charge on any atom is 0.239 e. The summed E-state index contributed by atoms with van der Waals surface area (Å²) < 4.78 is 3.06. The van der Waals surface area contributed by atoms with E-state index in [1.165, 1.54) is 0 Å². The number of halogens is 1. The quantitative estimate of drug-likeness (QED) is 0.580. The Balaban J connectivity index is 1.49.